The van der Waals surface area contributed by atoms with Gasteiger partial charge in [0.1, 0.15) is 0 Å². The number of fused-ring (bicyclic) bond motifs is 1. The van der Waals surface area contributed by atoms with Crippen LogP contribution >= 0.6 is 0 Å². The fraction of sp³-hybridized carbons (Fsp3) is 0.471. The van der Waals surface area contributed by atoms with Crippen molar-refractivity contribution in [2.75, 3.05) is 6.54 Å². The van der Waals surface area contributed by atoms with Crippen LogP contribution in [-0.2, 0) is 6.42 Å². The van der Waals surface area contributed by atoms with Gasteiger partial charge in [-0.2, -0.15) is 0 Å². The summed E-state index contributed by atoms with van der Waals surface area (Å²) in [5, 5.41) is 4.90. The summed E-state index contributed by atoms with van der Waals surface area (Å²) in [5.74, 6) is 0. The SMILES string of the molecule is NC1CCC(NCCc2cccc3cccnc23)CC1. The molecule has 2 aromatic rings. The monoisotopic (exact) mass is 269 g/mol. The molecule has 0 saturated heterocycles. The number of rotatable bonds is 4. The van der Waals surface area contributed by atoms with Gasteiger partial charge in [0.2, 0.25) is 0 Å². The Morgan fingerprint density at radius 3 is 2.75 bits per heavy atom. The molecule has 1 saturated carbocycles. The molecule has 0 aliphatic heterocycles. The van der Waals surface area contributed by atoms with Gasteiger partial charge < -0.3 is 11.1 Å². The van der Waals surface area contributed by atoms with Gasteiger partial charge in [-0.05, 0) is 50.3 Å². The molecule has 3 nitrogen and oxygen atoms in total. The van der Waals surface area contributed by atoms with Crippen molar-refractivity contribution in [3.05, 3.63) is 42.1 Å². The van der Waals surface area contributed by atoms with Gasteiger partial charge in [0.25, 0.3) is 0 Å². The maximum absolute atomic E-state index is 5.94. The molecule has 20 heavy (non-hydrogen) atoms. The summed E-state index contributed by atoms with van der Waals surface area (Å²) >= 11 is 0. The van der Waals surface area contributed by atoms with Gasteiger partial charge in [0.15, 0.2) is 0 Å². The zero-order valence-electron chi connectivity index (χ0n) is 11.9. The second-order valence-corrected chi connectivity index (χ2v) is 5.81. The van der Waals surface area contributed by atoms with Crippen molar-refractivity contribution < 1.29 is 0 Å². The number of para-hydroxylation sites is 1. The summed E-state index contributed by atoms with van der Waals surface area (Å²) in [5.41, 5.74) is 8.42. The fourth-order valence-corrected chi connectivity index (χ4v) is 3.10. The maximum Gasteiger partial charge on any atom is 0.0734 e. The van der Waals surface area contributed by atoms with Gasteiger partial charge in [0, 0.05) is 23.7 Å². The average Bonchev–Trinajstić information content (AvgIpc) is 2.49. The first kappa shape index (κ1) is 13.5. The molecule has 1 heterocycles. The quantitative estimate of drug-likeness (QED) is 0.897. The summed E-state index contributed by atoms with van der Waals surface area (Å²) in [4.78, 5) is 4.51. The first-order chi connectivity index (χ1) is 9.83. The fourth-order valence-electron chi connectivity index (χ4n) is 3.10. The lowest BCUT2D eigenvalue weighted by atomic mass is 9.92. The molecule has 0 unspecified atom stereocenters. The lowest BCUT2D eigenvalue weighted by Crippen LogP contribution is -2.38. The van der Waals surface area contributed by atoms with E-state index in [0.29, 0.717) is 12.1 Å². The summed E-state index contributed by atoms with van der Waals surface area (Å²) in [6.07, 6.45) is 7.67. The Balaban J connectivity index is 1.57. The highest BCUT2D eigenvalue weighted by Crippen LogP contribution is 2.18. The van der Waals surface area contributed by atoms with E-state index in [0.717, 1.165) is 31.3 Å². The third-order valence-corrected chi connectivity index (χ3v) is 4.32. The smallest absolute Gasteiger partial charge is 0.0734 e. The van der Waals surface area contributed by atoms with Gasteiger partial charge in [-0.15, -0.1) is 0 Å². The lowest BCUT2D eigenvalue weighted by molar-refractivity contribution is 0.344. The largest absolute Gasteiger partial charge is 0.328 e. The Bertz CT molecular complexity index is 554. The van der Waals surface area contributed by atoms with E-state index < -0.39 is 0 Å². The molecule has 0 atom stereocenters. The van der Waals surface area contributed by atoms with Crippen LogP contribution in [0.25, 0.3) is 10.9 Å². The van der Waals surface area contributed by atoms with E-state index in [2.05, 4.69) is 34.6 Å². The highest BCUT2D eigenvalue weighted by molar-refractivity contribution is 5.81. The third-order valence-electron chi connectivity index (χ3n) is 4.32. The van der Waals surface area contributed by atoms with E-state index in [1.807, 2.05) is 12.3 Å². The van der Waals surface area contributed by atoms with Crippen molar-refractivity contribution in [1.82, 2.24) is 10.3 Å². The maximum atomic E-state index is 5.94. The van der Waals surface area contributed by atoms with E-state index in [9.17, 15) is 0 Å². The Morgan fingerprint density at radius 2 is 1.90 bits per heavy atom. The van der Waals surface area contributed by atoms with E-state index in [-0.39, 0.29) is 0 Å². The van der Waals surface area contributed by atoms with Crippen molar-refractivity contribution in [2.45, 2.75) is 44.2 Å². The standard InChI is InChI=1S/C17H23N3/c18-15-6-8-16(9-7-15)19-12-10-14-4-1-3-13-5-2-11-20-17(13)14/h1-5,11,15-16,19H,6-10,12,18H2. The Labute approximate surface area is 120 Å². The minimum atomic E-state index is 0.426. The van der Waals surface area contributed by atoms with Gasteiger partial charge in [-0.25, -0.2) is 0 Å². The molecule has 1 fully saturated rings. The highest BCUT2D eigenvalue weighted by Gasteiger charge is 2.17. The number of nitrogens with two attached hydrogens (primary N) is 1. The first-order valence-electron chi connectivity index (χ1n) is 7.64. The van der Waals surface area contributed by atoms with E-state index in [4.69, 9.17) is 5.73 Å². The summed E-state index contributed by atoms with van der Waals surface area (Å²) < 4.78 is 0. The van der Waals surface area contributed by atoms with E-state index in [1.165, 1.54) is 23.8 Å². The zero-order chi connectivity index (χ0) is 13.8. The van der Waals surface area contributed by atoms with Crippen molar-refractivity contribution in [3.63, 3.8) is 0 Å². The first-order valence-corrected chi connectivity index (χ1v) is 7.64. The molecule has 0 radical (unpaired) electrons. The number of aromatic nitrogens is 1. The number of pyridine rings is 1. The van der Waals surface area contributed by atoms with Crippen LogP contribution < -0.4 is 11.1 Å². The molecule has 3 heteroatoms. The zero-order valence-corrected chi connectivity index (χ0v) is 11.9. The topological polar surface area (TPSA) is 50.9 Å². The van der Waals surface area contributed by atoms with Crippen LogP contribution in [0.5, 0.6) is 0 Å². The Morgan fingerprint density at radius 1 is 1.10 bits per heavy atom. The minimum Gasteiger partial charge on any atom is -0.328 e. The van der Waals surface area contributed by atoms with Gasteiger partial charge in [0.05, 0.1) is 5.52 Å². The third kappa shape index (κ3) is 3.17. The molecule has 0 spiro atoms. The van der Waals surface area contributed by atoms with Crippen molar-refractivity contribution in [2.24, 2.45) is 5.73 Å². The molecule has 1 aliphatic carbocycles. The van der Waals surface area contributed by atoms with Crippen LogP contribution in [0, 0.1) is 0 Å². The second kappa shape index (κ2) is 6.33. The molecular formula is C17H23N3. The Kier molecular flexibility index (Phi) is 4.28. The van der Waals surface area contributed by atoms with Crippen molar-refractivity contribution in [3.8, 4) is 0 Å². The van der Waals surface area contributed by atoms with Crippen LogP contribution in [0.4, 0.5) is 0 Å². The molecular weight excluding hydrogens is 246 g/mol. The highest BCUT2D eigenvalue weighted by atomic mass is 14.9. The van der Waals surface area contributed by atoms with Gasteiger partial charge in [-0.3, -0.25) is 4.98 Å². The van der Waals surface area contributed by atoms with Crippen LogP contribution in [0.1, 0.15) is 31.2 Å². The molecule has 106 valence electrons. The molecule has 3 N–H and O–H groups in total. The number of benzene rings is 1. The predicted octanol–water partition coefficient (Wildman–Crippen LogP) is 2.64. The minimum absolute atomic E-state index is 0.426. The van der Waals surface area contributed by atoms with Crippen LogP contribution in [0.3, 0.4) is 0 Å². The second-order valence-electron chi connectivity index (χ2n) is 5.81. The average molecular weight is 269 g/mol. The predicted molar refractivity (Wildman–Crippen MR) is 83.7 cm³/mol. The number of hydrogen-bond donors (Lipinski definition) is 2. The number of hydrogen-bond acceptors (Lipinski definition) is 3. The van der Waals surface area contributed by atoms with Crippen LogP contribution in [-0.4, -0.2) is 23.6 Å². The lowest BCUT2D eigenvalue weighted by Gasteiger charge is -2.27. The molecule has 1 aromatic carbocycles. The number of nitrogens with one attached hydrogen (secondary N) is 1. The normalized spacial score (nSPS) is 23.1. The summed E-state index contributed by atoms with van der Waals surface area (Å²) in [7, 11) is 0. The Hall–Kier alpha value is -1.45. The van der Waals surface area contributed by atoms with Gasteiger partial charge in [-0.1, -0.05) is 24.3 Å². The molecule has 0 amide bonds. The summed E-state index contributed by atoms with van der Waals surface area (Å²) in [6.45, 7) is 1.02. The van der Waals surface area contributed by atoms with E-state index in [1.54, 1.807) is 0 Å². The molecule has 3 rings (SSSR count). The van der Waals surface area contributed by atoms with Crippen LogP contribution in [0.2, 0.25) is 0 Å². The molecule has 1 aromatic heterocycles. The van der Waals surface area contributed by atoms with Gasteiger partial charge >= 0.3 is 0 Å². The van der Waals surface area contributed by atoms with Crippen LogP contribution in [0.15, 0.2) is 36.5 Å². The van der Waals surface area contributed by atoms with Crippen molar-refractivity contribution in [1.29, 1.82) is 0 Å². The van der Waals surface area contributed by atoms with E-state index >= 15 is 0 Å². The molecule has 1 aliphatic rings. The number of nitrogens with zero attached hydrogens (tertiary/aromatic N) is 1. The van der Waals surface area contributed by atoms with Crippen molar-refractivity contribution >= 4 is 10.9 Å². The molecule has 0 bridgehead atoms. The summed E-state index contributed by atoms with van der Waals surface area (Å²) in [6, 6.07) is 11.6.